The molecule has 51 heavy (non-hydrogen) atoms. The second kappa shape index (κ2) is 25.2. The van der Waals surface area contributed by atoms with E-state index in [2.05, 4.69) is 29.8 Å². The molecule has 8 nitrogen and oxygen atoms in total. The summed E-state index contributed by atoms with van der Waals surface area (Å²) >= 11 is 3.64. The Balaban J connectivity index is 1.78. The molecule has 0 spiro atoms. The highest BCUT2D eigenvalue weighted by molar-refractivity contribution is 9.10. The first-order valence-corrected chi connectivity index (χ1v) is 20.1. The molecular weight excluding hydrogens is 712 g/mol. The molecule has 0 aliphatic heterocycles. The summed E-state index contributed by atoms with van der Waals surface area (Å²) in [5, 5.41) is 3.40. The zero-order chi connectivity index (χ0) is 36.7. The highest BCUT2D eigenvalue weighted by Crippen LogP contribution is 2.44. The van der Waals surface area contributed by atoms with E-state index < -0.39 is 12.2 Å². The molecule has 0 N–H and O–H groups in total. The largest absolute Gasteiger partial charge is 0.488 e. The smallest absolute Gasteiger partial charge is 0.305 e. The molecule has 0 saturated carbocycles. The first kappa shape index (κ1) is 42.5. The van der Waals surface area contributed by atoms with Gasteiger partial charge in [0, 0.05) is 52.1 Å². The van der Waals surface area contributed by atoms with Gasteiger partial charge in [0.05, 0.1) is 13.2 Å². The minimum Gasteiger partial charge on any atom is -0.488 e. The quantitative estimate of drug-likeness (QED) is 0.0409. The molecule has 2 unspecified atom stereocenters. The second-order valence-corrected chi connectivity index (χ2v) is 14.0. The van der Waals surface area contributed by atoms with Crippen LogP contribution < -0.4 is 9.47 Å². The summed E-state index contributed by atoms with van der Waals surface area (Å²) in [7, 11) is 0. The van der Waals surface area contributed by atoms with Gasteiger partial charge in [-0.25, -0.2) is 0 Å². The van der Waals surface area contributed by atoms with E-state index in [1.165, 1.54) is 51.4 Å². The first-order valence-electron chi connectivity index (χ1n) is 19.4. The van der Waals surface area contributed by atoms with Crippen LogP contribution in [-0.4, -0.2) is 63.8 Å². The summed E-state index contributed by atoms with van der Waals surface area (Å²) in [4.78, 5) is 24.7. The van der Waals surface area contributed by atoms with Gasteiger partial charge < -0.3 is 28.4 Å². The van der Waals surface area contributed by atoms with Crippen LogP contribution in [0.2, 0.25) is 0 Å². The maximum atomic E-state index is 12.3. The number of carbonyl (C=O) groups is 2. The van der Waals surface area contributed by atoms with Crippen LogP contribution in [0.1, 0.15) is 118 Å². The molecule has 0 amide bonds. The Morgan fingerprint density at radius 2 is 0.980 bits per heavy atom. The lowest BCUT2D eigenvalue weighted by Crippen LogP contribution is -2.30. The van der Waals surface area contributed by atoms with Gasteiger partial charge in [-0.3, -0.25) is 9.59 Å². The van der Waals surface area contributed by atoms with Crippen LogP contribution in [0.5, 0.6) is 11.5 Å². The fourth-order valence-corrected chi connectivity index (χ4v) is 6.27. The normalized spacial score (nSPS) is 12.6. The van der Waals surface area contributed by atoms with Crippen LogP contribution in [-0.2, 0) is 28.5 Å². The Kier molecular flexibility index (Phi) is 21.0. The molecule has 2 atom stereocenters. The molecule has 0 aliphatic rings. The zero-order valence-electron chi connectivity index (χ0n) is 31.5. The van der Waals surface area contributed by atoms with Crippen molar-refractivity contribution in [2.45, 2.75) is 130 Å². The zero-order valence-corrected chi connectivity index (χ0v) is 33.1. The maximum absolute atomic E-state index is 12.3. The number of fused-ring (bicyclic) bond motifs is 2. The van der Waals surface area contributed by atoms with Crippen LogP contribution in [0, 0.1) is 0 Å². The Labute approximate surface area is 314 Å². The van der Waals surface area contributed by atoms with Crippen LogP contribution in [0.25, 0.3) is 21.5 Å². The number of benzene rings is 3. The molecule has 3 aromatic carbocycles. The molecule has 3 rings (SSSR count). The topological polar surface area (TPSA) is 89.5 Å². The molecule has 9 heteroatoms. The third kappa shape index (κ3) is 15.3. The van der Waals surface area contributed by atoms with Crippen LogP contribution in [0.3, 0.4) is 0 Å². The van der Waals surface area contributed by atoms with E-state index in [1.807, 2.05) is 42.5 Å². The Bertz CT molecular complexity index is 1440. The van der Waals surface area contributed by atoms with Gasteiger partial charge in [-0.15, -0.1) is 0 Å². The summed E-state index contributed by atoms with van der Waals surface area (Å²) in [6.07, 6.45) is 13.6. The number of rotatable bonds is 28. The van der Waals surface area contributed by atoms with Gasteiger partial charge in [-0.1, -0.05) is 132 Å². The van der Waals surface area contributed by atoms with E-state index in [9.17, 15) is 9.59 Å². The molecule has 0 aliphatic carbocycles. The van der Waals surface area contributed by atoms with Crippen molar-refractivity contribution in [3.05, 3.63) is 46.9 Å². The average molecular weight is 774 g/mol. The monoisotopic (exact) mass is 772 g/mol. The first-order chi connectivity index (χ1) is 24.9. The highest BCUT2D eigenvalue weighted by Gasteiger charge is 2.22. The standard InChI is InChI=1S/C42H61BrO8/c1-5-9-11-13-15-19-25-46-28-33(50-39(44)7-3)30-48-41-35-21-17-18-22-36(35)42(38-27-32(43)23-24-37(38)41)49-31-34(51-40(45)8-4)29-47-26-20-16-14-12-10-6-2/h17-18,21-24,27,33-34H,5-16,19-20,25-26,28-31H2,1-4H3. The van der Waals surface area contributed by atoms with E-state index in [0.717, 1.165) is 51.7 Å². The van der Waals surface area contributed by atoms with Crippen LogP contribution >= 0.6 is 15.9 Å². The van der Waals surface area contributed by atoms with Crippen molar-refractivity contribution in [2.75, 3.05) is 39.6 Å². The summed E-state index contributed by atoms with van der Waals surface area (Å²) in [6, 6.07) is 13.9. The minimum atomic E-state index is -0.556. The van der Waals surface area contributed by atoms with Gasteiger partial charge in [-0.2, -0.15) is 0 Å². The third-order valence-corrected chi connectivity index (χ3v) is 9.27. The number of esters is 2. The van der Waals surface area contributed by atoms with Crippen molar-refractivity contribution >= 4 is 49.4 Å². The Morgan fingerprint density at radius 3 is 1.45 bits per heavy atom. The maximum Gasteiger partial charge on any atom is 0.305 e. The van der Waals surface area contributed by atoms with Crippen molar-refractivity contribution in [3.8, 4) is 11.5 Å². The number of hydrogen-bond acceptors (Lipinski definition) is 8. The Hall–Kier alpha value is -2.88. The van der Waals surface area contributed by atoms with E-state index in [4.69, 9.17) is 28.4 Å². The molecule has 0 radical (unpaired) electrons. The predicted octanol–water partition coefficient (Wildman–Crippen LogP) is 10.9. The summed E-state index contributed by atoms with van der Waals surface area (Å²) < 4.78 is 37.4. The van der Waals surface area contributed by atoms with Crippen LogP contribution in [0.4, 0.5) is 0 Å². The predicted molar refractivity (Wildman–Crippen MR) is 209 cm³/mol. The van der Waals surface area contributed by atoms with Crippen molar-refractivity contribution in [1.82, 2.24) is 0 Å². The summed E-state index contributed by atoms with van der Waals surface area (Å²) in [5.41, 5.74) is 0. The number of hydrogen-bond donors (Lipinski definition) is 0. The number of unbranched alkanes of at least 4 members (excludes halogenated alkanes) is 10. The Morgan fingerprint density at radius 1 is 0.549 bits per heavy atom. The van der Waals surface area contributed by atoms with Crippen molar-refractivity contribution in [1.29, 1.82) is 0 Å². The van der Waals surface area contributed by atoms with E-state index >= 15 is 0 Å². The fourth-order valence-electron chi connectivity index (χ4n) is 5.90. The summed E-state index contributed by atoms with van der Waals surface area (Å²) in [5.74, 6) is 0.759. The lowest BCUT2D eigenvalue weighted by Gasteiger charge is -2.23. The highest BCUT2D eigenvalue weighted by atomic mass is 79.9. The van der Waals surface area contributed by atoms with Gasteiger partial charge in [0.2, 0.25) is 0 Å². The van der Waals surface area contributed by atoms with Crippen molar-refractivity contribution in [2.24, 2.45) is 0 Å². The molecular formula is C42H61BrO8. The third-order valence-electron chi connectivity index (χ3n) is 8.78. The number of ether oxygens (including phenoxy) is 6. The molecule has 284 valence electrons. The second-order valence-electron chi connectivity index (χ2n) is 13.1. The van der Waals surface area contributed by atoms with Gasteiger partial charge >= 0.3 is 11.9 Å². The number of carbonyl (C=O) groups excluding carboxylic acids is 2. The average Bonchev–Trinajstić information content (AvgIpc) is 3.14. The van der Waals surface area contributed by atoms with Gasteiger partial charge in [0.25, 0.3) is 0 Å². The van der Waals surface area contributed by atoms with Crippen molar-refractivity contribution in [3.63, 3.8) is 0 Å². The molecule has 0 heterocycles. The van der Waals surface area contributed by atoms with Crippen molar-refractivity contribution < 1.29 is 38.0 Å². The van der Waals surface area contributed by atoms with Gasteiger partial charge in [0.1, 0.15) is 24.7 Å². The lowest BCUT2D eigenvalue weighted by atomic mass is 10.0. The van der Waals surface area contributed by atoms with E-state index in [1.54, 1.807) is 13.8 Å². The van der Waals surface area contributed by atoms with E-state index in [0.29, 0.717) is 24.7 Å². The molecule has 0 saturated heterocycles. The van der Waals surface area contributed by atoms with Gasteiger partial charge in [0.15, 0.2) is 12.2 Å². The van der Waals surface area contributed by atoms with E-state index in [-0.39, 0.29) is 51.2 Å². The van der Waals surface area contributed by atoms with Crippen LogP contribution in [0.15, 0.2) is 46.9 Å². The molecule has 0 bridgehead atoms. The molecule has 0 aromatic heterocycles. The summed E-state index contributed by atoms with van der Waals surface area (Å²) in [6.45, 7) is 10.0. The molecule has 3 aromatic rings. The lowest BCUT2D eigenvalue weighted by molar-refractivity contribution is -0.154. The molecule has 0 fully saturated rings. The SMILES string of the molecule is CCCCCCCCOCC(COc1c2ccccc2c(OCC(COCCCCCCCC)OC(=O)CC)c2cc(Br)ccc12)OC(=O)CC. The van der Waals surface area contributed by atoms with Gasteiger partial charge in [-0.05, 0) is 31.0 Å². The minimum absolute atomic E-state index is 0.138. The fraction of sp³-hybridized carbons (Fsp3) is 0.619. The number of halogens is 1.